The Morgan fingerprint density at radius 2 is 2.50 bits per heavy atom. The van der Waals surface area contributed by atoms with Crippen LogP contribution in [0.3, 0.4) is 0 Å². The van der Waals surface area contributed by atoms with E-state index in [2.05, 4.69) is 5.32 Å². The Morgan fingerprint density at radius 1 is 1.70 bits per heavy atom. The van der Waals surface area contributed by atoms with Crippen LogP contribution in [0.25, 0.3) is 0 Å². The van der Waals surface area contributed by atoms with E-state index in [1.165, 1.54) is 0 Å². The Morgan fingerprint density at radius 3 is 2.80 bits per heavy atom. The van der Waals surface area contributed by atoms with E-state index in [4.69, 9.17) is 5.73 Å². The summed E-state index contributed by atoms with van der Waals surface area (Å²) >= 11 is 0. The monoisotopic (exact) mass is 141 g/mol. The maximum atomic E-state index is 10.7. The molecule has 0 aliphatic carbocycles. The minimum absolute atomic E-state index is 0.269. The van der Waals surface area contributed by atoms with Gasteiger partial charge >= 0.3 is 6.03 Å². The molecule has 3 N–H and O–H groups in total. The Balaban J connectivity index is 2.08. The second-order valence-electron chi connectivity index (χ2n) is 2.99. The molecule has 0 aromatic rings. The van der Waals surface area contributed by atoms with Gasteiger partial charge in [0, 0.05) is 25.2 Å². The number of amides is 2. The van der Waals surface area contributed by atoms with Gasteiger partial charge in [0.2, 0.25) is 0 Å². The molecular formula is C6H11N3O. The van der Waals surface area contributed by atoms with Gasteiger partial charge in [-0.05, 0) is 6.42 Å². The summed E-state index contributed by atoms with van der Waals surface area (Å²) in [6.45, 7) is 1.73. The first kappa shape index (κ1) is 5.97. The van der Waals surface area contributed by atoms with E-state index >= 15 is 0 Å². The molecule has 2 rings (SSSR count). The van der Waals surface area contributed by atoms with Gasteiger partial charge in [-0.2, -0.15) is 0 Å². The van der Waals surface area contributed by atoms with Crippen LogP contribution in [-0.4, -0.2) is 36.1 Å². The molecule has 2 aliphatic heterocycles. The summed E-state index contributed by atoms with van der Waals surface area (Å²) in [7, 11) is 0. The van der Waals surface area contributed by atoms with Gasteiger partial charge in [-0.1, -0.05) is 0 Å². The van der Waals surface area contributed by atoms with Crippen LogP contribution in [0.15, 0.2) is 0 Å². The number of nitrogens with zero attached hydrogens (tertiary/aromatic N) is 1. The Hall–Kier alpha value is -0.770. The lowest BCUT2D eigenvalue weighted by Crippen LogP contribution is -2.48. The van der Waals surface area contributed by atoms with Crippen molar-refractivity contribution in [3.8, 4) is 0 Å². The molecule has 2 heterocycles. The fourth-order valence-corrected chi connectivity index (χ4v) is 1.83. The van der Waals surface area contributed by atoms with Crippen molar-refractivity contribution in [2.75, 3.05) is 13.1 Å². The maximum Gasteiger partial charge on any atom is 0.315 e. The van der Waals surface area contributed by atoms with Crippen LogP contribution in [0.1, 0.15) is 6.42 Å². The van der Waals surface area contributed by atoms with Gasteiger partial charge in [0.25, 0.3) is 0 Å². The summed E-state index contributed by atoms with van der Waals surface area (Å²) < 4.78 is 0. The van der Waals surface area contributed by atoms with Gasteiger partial charge in [-0.3, -0.25) is 0 Å². The number of primary amides is 1. The fourth-order valence-electron chi connectivity index (χ4n) is 1.83. The van der Waals surface area contributed by atoms with Crippen LogP contribution < -0.4 is 11.1 Å². The fraction of sp³-hybridized carbons (Fsp3) is 0.833. The number of nitrogens with two attached hydrogens (primary N) is 1. The zero-order chi connectivity index (χ0) is 7.14. The van der Waals surface area contributed by atoms with Gasteiger partial charge in [0.1, 0.15) is 0 Å². The molecule has 0 saturated carbocycles. The van der Waals surface area contributed by atoms with Crippen LogP contribution >= 0.6 is 0 Å². The number of fused-ring (bicyclic) bond motifs is 2. The number of urea groups is 1. The summed E-state index contributed by atoms with van der Waals surface area (Å²) in [6, 6.07) is 0.619. The Kier molecular flexibility index (Phi) is 1.11. The van der Waals surface area contributed by atoms with E-state index in [-0.39, 0.29) is 6.03 Å². The maximum absolute atomic E-state index is 10.7. The van der Waals surface area contributed by atoms with Crippen molar-refractivity contribution in [2.24, 2.45) is 5.73 Å². The second kappa shape index (κ2) is 1.85. The van der Waals surface area contributed by atoms with Gasteiger partial charge in [-0.15, -0.1) is 0 Å². The molecule has 0 radical (unpaired) electrons. The number of rotatable bonds is 0. The highest BCUT2D eigenvalue weighted by atomic mass is 16.2. The van der Waals surface area contributed by atoms with Crippen LogP contribution in [-0.2, 0) is 0 Å². The number of hydrogen-bond acceptors (Lipinski definition) is 2. The summed E-state index contributed by atoms with van der Waals surface area (Å²) in [4.78, 5) is 12.5. The van der Waals surface area contributed by atoms with E-state index in [1.807, 2.05) is 0 Å². The number of carbonyl (C=O) groups excluding carboxylic acids is 1. The molecule has 2 saturated heterocycles. The highest BCUT2D eigenvalue weighted by Gasteiger charge is 2.39. The molecule has 2 fully saturated rings. The predicted molar refractivity (Wildman–Crippen MR) is 36.5 cm³/mol. The molecule has 2 atom stereocenters. The number of nitrogens with one attached hydrogen (secondary N) is 1. The van der Waals surface area contributed by atoms with E-state index in [9.17, 15) is 4.79 Å². The van der Waals surface area contributed by atoms with Gasteiger partial charge in [-0.25, -0.2) is 4.79 Å². The zero-order valence-electron chi connectivity index (χ0n) is 5.71. The van der Waals surface area contributed by atoms with Crippen molar-refractivity contribution in [1.82, 2.24) is 10.2 Å². The minimum Gasteiger partial charge on any atom is -0.351 e. The molecular weight excluding hydrogens is 130 g/mol. The van der Waals surface area contributed by atoms with Crippen LogP contribution in [0.4, 0.5) is 4.79 Å². The second-order valence-corrected chi connectivity index (χ2v) is 2.99. The van der Waals surface area contributed by atoms with Crippen molar-refractivity contribution < 1.29 is 4.79 Å². The standard InChI is InChI=1S/C6H11N3O/c7-6(10)9-3-4-1-5(9)2-8-4/h4-5,8H,1-3H2,(H2,7,10)/t4-,5-/m1/s1. The van der Waals surface area contributed by atoms with Crippen molar-refractivity contribution in [3.05, 3.63) is 0 Å². The summed E-state index contributed by atoms with van der Waals surface area (Å²) in [6.07, 6.45) is 1.09. The average molecular weight is 141 g/mol. The molecule has 2 bridgehead atoms. The minimum atomic E-state index is -0.269. The van der Waals surface area contributed by atoms with Crippen LogP contribution in [0.2, 0.25) is 0 Å². The third-order valence-electron chi connectivity index (χ3n) is 2.34. The van der Waals surface area contributed by atoms with Gasteiger partial charge < -0.3 is 16.0 Å². The van der Waals surface area contributed by atoms with E-state index in [0.29, 0.717) is 12.1 Å². The van der Waals surface area contributed by atoms with E-state index in [1.54, 1.807) is 4.90 Å². The lowest BCUT2D eigenvalue weighted by atomic mass is 10.2. The molecule has 10 heavy (non-hydrogen) atoms. The van der Waals surface area contributed by atoms with Crippen molar-refractivity contribution in [2.45, 2.75) is 18.5 Å². The first-order valence-corrected chi connectivity index (χ1v) is 3.57. The third-order valence-corrected chi connectivity index (χ3v) is 2.34. The topological polar surface area (TPSA) is 58.4 Å². The number of likely N-dealkylation sites (tertiary alicyclic amines) is 1. The highest BCUT2D eigenvalue weighted by Crippen LogP contribution is 2.22. The Labute approximate surface area is 59.4 Å². The van der Waals surface area contributed by atoms with E-state index in [0.717, 1.165) is 19.5 Å². The van der Waals surface area contributed by atoms with Crippen molar-refractivity contribution in [3.63, 3.8) is 0 Å². The molecule has 0 spiro atoms. The largest absolute Gasteiger partial charge is 0.351 e. The summed E-state index contributed by atoms with van der Waals surface area (Å²) in [5.74, 6) is 0. The SMILES string of the molecule is NC(=O)N1C[C@H]2C[C@@H]1CN2. The van der Waals surface area contributed by atoms with E-state index < -0.39 is 0 Å². The molecule has 2 amide bonds. The summed E-state index contributed by atoms with van der Waals surface area (Å²) in [5.41, 5.74) is 5.14. The highest BCUT2D eigenvalue weighted by molar-refractivity contribution is 5.73. The number of piperazine rings is 1. The number of hydrogen-bond donors (Lipinski definition) is 2. The molecule has 2 aliphatic rings. The van der Waals surface area contributed by atoms with Crippen LogP contribution in [0.5, 0.6) is 0 Å². The van der Waals surface area contributed by atoms with Crippen molar-refractivity contribution >= 4 is 6.03 Å². The molecule has 0 unspecified atom stereocenters. The molecule has 4 heteroatoms. The smallest absolute Gasteiger partial charge is 0.315 e. The quantitative estimate of drug-likeness (QED) is 0.460. The van der Waals surface area contributed by atoms with Gasteiger partial charge in [0.05, 0.1) is 0 Å². The van der Waals surface area contributed by atoms with Crippen LogP contribution in [0, 0.1) is 0 Å². The lowest BCUT2D eigenvalue weighted by molar-refractivity contribution is 0.194. The normalized spacial score (nSPS) is 37.0. The molecule has 0 aromatic heterocycles. The summed E-state index contributed by atoms with van der Waals surface area (Å²) in [5, 5.41) is 3.29. The average Bonchev–Trinajstić information content (AvgIpc) is 2.44. The first-order chi connectivity index (χ1) is 4.77. The van der Waals surface area contributed by atoms with Gasteiger partial charge in [0.15, 0.2) is 0 Å². The molecule has 4 nitrogen and oxygen atoms in total. The zero-order valence-corrected chi connectivity index (χ0v) is 5.71. The molecule has 56 valence electrons. The third kappa shape index (κ3) is 0.686. The lowest BCUT2D eigenvalue weighted by Gasteiger charge is -2.25. The molecule has 0 aromatic carbocycles. The Bertz CT molecular complexity index is 170. The first-order valence-electron chi connectivity index (χ1n) is 3.57. The van der Waals surface area contributed by atoms with Crippen molar-refractivity contribution in [1.29, 1.82) is 0 Å². The predicted octanol–water partition coefficient (Wildman–Crippen LogP) is -0.889. The number of carbonyl (C=O) groups is 1.